The van der Waals surface area contributed by atoms with Gasteiger partial charge in [0, 0.05) is 45.6 Å². The van der Waals surface area contributed by atoms with Crippen LogP contribution in [0, 0.1) is 11.8 Å². The van der Waals surface area contributed by atoms with E-state index in [2.05, 4.69) is 63.8 Å². The first-order valence-corrected chi connectivity index (χ1v) is 33.3. The van der Waals surface area contributed by atoms with Crippen molar-refractivity contribution in [2.75, 3.05) is 19.0 Å². The summed E-state index contributed by atoms with van der Waals surface area (Å²) < 4.78 is 0. The van der Waals surface area contributed by atoms with E-state index >= 15 is 0 Å². The number of alkyl halides is 1. The average Bonchev–Trinajstić information content (AvgIpc) is 0.861. The van der Waals surface area contributed by atoms with Gasteiger partial charge in [-0.25, -0.2) is 4.79 Å². The molecule has 0 spiro atoms. The van der Waals surface area contributed by atoms with Gasteiger partial charge in [-0.15, -0.1) is 11.6 Å². The van der Waals surface area contributed by atoms with Crippen LogP contribution >= 0.6 is 11.6 Å². The normalized spacial score (nSPS) is 14.7. The molecule has 0 radical (unpaired) electrons. The summed E-state index contributed by atoms with van der Waals surface area (Å²) in [5.74, 6) is -23.9. The Labute approximate surface area is 596 Å². The Morgan fingerprint density at radius 3 is 1.34 bits per heavy atom. The summed E-state index contributed by atoms with van der Waals surface area (Å²) >= 11 is 5.51. The van der Waals surface area contributed by atoms with Gasteiger partial charge in [0.1, 0.15) is 72.3 Å². The number of hydrogen-bond donors (Lipinski definition) is 20. The fourth-order valence-corrected chi connectivity index (χ4v) is 9.62. The minimum atomic E-state index is -1.83. The molecule has 0 heterocycles. The number of hydrogen-bond acceptors (Lipinski definition) is 20. The summed E-state index contributed by atoms with van der Waals surface area (Å²) in [4.78, 5) is 245. The topological polar surface area (TPSA) is 628 Å². The number of nitrogens with one attached hydrogen (secondary N) is 13. The second-order valence-electron chi connectivity index (χ2n) is 24.4. The summed E-state index contributed by atoms with van der Waals surface area (Å²) in [6.07, 6.45) is -7.78. The highest BCUT2D eigenvalue weighted by Gasteiger charge is 2.38. The highest BCUT2D eigenvalue weighted by molar-refractivity contribution is 6.27. The maximum atomic E-state index is 14.3. The van der Waals surface area contributed by atoms with Crippen LogP contribution in [0.15, 0.2) is 30.3 Å². The largest absolute Gasteiger partial charge is 0.481 e. The van der Waals surface area contributed by atoms with Crippen molar-refractivity contribution in [3.05, 3.63) is 35.9 Å². The molecule has 40 heteroatoms. The fraction of sp³-hybridized carbons (Fsp3) is 0.603. The molecule has 39 nitrogen and oxygen atoms in total. The zero-order valence-corrected chi connectivity index (χ0v) is 58.6. The number of aliphatic hydroxyl groups is 1. The van der Waals surface area contributed by atoms with E-state index in [9.17, 15) is 117 Å². The van der Waals surface area contributed by atoms with E-state index in [1.54, 1.807) is 37.3 Å². The molecule has 0 aliphatic heterocycles. The first-order chi connectivity index (χ1) is 48.2. The van der Waals surface area contributed by atoms with E-state index < -0.39 is 261 Å². The fourth-order valence-electron chi connectivity index (χ4n) is 9.53. The van der Waals surface area contributed by atoms with Crippen LogP contribution in [0.3, 0.4) is 0 Å². The number of aliphatic hydroxyl groups excluding tert-OH is 1. The maximum absolute atomic E-state index is 14.3. The molecule has 1 rings (SSSR count). The lowest BCUT2D eigenvalue weighted by molar-refractivity contribution is -0.144. The maximum Gasteiger partial charge on any atom is 0.326 e. The SMILES string of the molecule is CC[C@H](C)[C@H](NC(=O)[C@@H](NC(=O)[C@H](C)NC(=O)[C@H](CCCCNC(=O)CCl)NC(=O)[C@H](CC(=O)O)NC(C)=O)[C@@H](C)O)C(=O)NCC(=O)N[C@@H](Cc1ccccc1)C(=O)N[C@@H](CCC(=O)O)C(=O)N[C@H](C(=O)N[C@@H](CCC(N)=O)C(=O)N[C@@H](CCC(=O)O)C(=O)N[C@@H](CCC(=O)O)C(=O)O)C(C)C. The Bertz CT molecular complexity index is 3160. The quantitative estimate of drug-likeness (QED) is 0.0214. The van der Waals surface area contributed by atoms with E-state index in [4.69, 9.17) is 22.4 Å². The van der Waals surface area contributed by atoms with Crippen molar-refractivity contribution in [1.82, 2.24) is 69.1 Å². The van der Waals surface area contributed by atoms with Crippen molar-refractivity contribution in [3.63, 3.8) is 0 Å². The number of unbranched alkanes of at least 4 members (excludes halogenated alkanes) is 1. The number of halogens is 1. The van der Waals surface area contributed by atoms with Gasteiger partial charge >= 0.3 is 29.8 Å². The Morgan fingerprint density at radius 1 is 0.437 bits per heavy atom. The van der Waals surface area contributed by atoms with Crippen LogP contribution in [0.2, 0.25) is 0 Å². The van der Waals surface area contributed by atoms with Crippen molar-refractivity contribution >= 4 is 124 Å². The number of carbonyl (C=O) groups is 19. The molecular weight excluding hydrogens is 1390 g/mol. The van der Waals surface area contributed by atoms with Crippen LogP contribution in [0.1, 0.15) is 138 Å². The number of primary amides is 1. The van der Waals surface area contributed by atoms with E-state index in [0.29, 0.717) is 5.56 Å². The minimum absolute atomic E-state index is 0.113. The van der Waals surface area contributed by atoms with E-state index in [1.165, 1.54) is 27.7 Å². The molecule has 1 aromatic rings. The molecule has 574 valence electrons. The number of carbonyl (C=O) groups excluding carboxylic acids is 14. The summed E-state index contributed by atoms with van der Waals surface area (Å²) in [6.45, 7) is 8.54. The number of carboxylic acid groups (broad SMARTS) is 5. The van der Waals surface area contributed by atoms with Crippen LogP contribution in [0.5, 0.6) is 0 Å². The van der Waals surface area contributed by atoms with Gasteiger partial charge in [0.25, 0.3) is 0 Å². The molecule has 13 atom stereocenters. The minimum Gasteiger partial charge on any atom is -0.481 e. The number of benzene rings is 1. The van der Waals surface area contributed by atoms with Gasteiger partial charge in [-0.3, -0.25) is 86.3 Å². The second-order valence-corrected chi connectivity index (χ2v) is 24.6. The van der Waals surface area contributed by atoms with Gasteiger partial charge in [0.15, 0.2) is 0 Å². The van der Waals surface area contributed by atoms with Gasteiger partial charge in [-0.2, -0.15) is 0 Å². The molecular formula is C63H95ClN14O25. The van der Waals surface area contributed by atoms with Crippen LogP contribution < -0.4 is 74.9 Å². The number of nitrogens with two attached hydrogens (primary N) is 1. The van der Waals surface area contributed by atoms with Crippen LogP contribution in [0.4, 0.5) is 0 Å². The van der Waals surface area contributed by atoms with Crippen LogP contribution in [-0.4, -0.2) is 235 Å². The molecule has 14 amide bonds. The third-order valence-corrected chi connectivity index (χ3v) is 15.7. The molecule has 1 aromatic carbocycles. The van der Waals surface area contributed by atoms with Crippen molar-refractivity contribution in [2.45, 2.75) is 211 Å². The van der Waals surface area contributed by atoms with Crippen molar-refractivity contribution < 1.29 is 122 Å². The van der Waals surface area contributed by atoms with Crippen molar-refractivity contribution in [2.24, 2.45) is 17.6 Å². The summed E-state index contributed by atoms with van der Waals surface area (Å²) in [7, 11) is 0. The second kappa shape index (κ2) is 46.8. The monoisotopic (exact) mass is 1480 g/mol. The molecule has 0 unspecified atom stereocenters. The predicted octanol–water partition coefficient (Wildman–Crippen LogP) is -5.25. The molecule has 0 bridgehead atoms. The predicted molar refractivity (Wildman–Crippen MR) is 358 cm³/mol. The van der Waals surface area contributed by atoms with Gasteiger partial charge in [0.05, 0.1) is 19.1 Å². The smallest absolute Gasteiger partial charge is 0.326 e. The van der Waals surface area contributed by atoms with E-state index in [0.717, 1.165) is 13.8 Å². The van der Waals surface area contributed by atoms with Gasteiger partial charge in [0.2, 0.25) is 82.7 Å². The van der Waals surface area contributed by atoms with Gasteiger partial charge in [-0.1, -0.05) is 64.4 Å². The third-order valence-electron chi connectivity index (χ3n) is 15.4. The summed E-state index contributed by atoms with van der Waals surface area (Å²) in [6, 6.07) is -10.5. The van der Waals surface area contributed by atoms with Crippen molar-refractivity contribution in [3.8, 4) is 0 Å². The van der Waals surface area contributed by atoms with Gasteiger partial charge < -0.3 is 105 Å². The van der Waals surface area contributed by atoms with Crippen LogP contribution in [-0.2, 0) is 97.5 Å². The lowest BCUT2D eigenvalue weighted by Gasteiger charge is -2.29. The molecule has 0 aromatic heterocycles. The average molecular weight is 1480 g/mol. The van der Waals surface area contributed by atoms with E-state index in [1.807, 2.05) is 5.32 Å². The Morgan fingerprint density at radius 2 is 0.874 bits per heavy atom. The summed E-state index contributed by atoms with van der Waals surface area (Å²) in [5.41, 5.74) is 5.76. The van der Waals surface area contributed by atoms with Gasteiger partial charge in [-0.05, 0) is 76.2 Å². The summed E-state index contributed by atoms with van der Waals surface area (Å²) in [5, 5.41) is 88.2. The molecule has 103 heavy (non-hydrogen) atoms. The third kappa shape index (κ3) is 36.0. The van der Waals surface area contributed by atoms with E-state index in [-0.39, 0.29) is 44.5 Å². The highest BCUT2D eigenvalue weighted by Crippen LogP contribution is 2.14. The molecule has 0 saturated heterocycles. The Hall–Kier alpha value is -10.6. The first kappa shape index (κ1) is 90.4. The zero-order chi connectivity index (χ0) is 78.4. The van der Waals surface area contributed by atoms with Crippen LogP contribution in [0.25, 0.3) is 0 Å². The standard InChI is InChI=1S/C63H95ClN14O25/c1-8-31(4)51(77-62(101)52(33(6)79)78-53(92)32(5)68-54(93)36(16-12-13-25-66-44(82)28-64)71-59(98)42(27-49(90)91)69-34(7)80)60(99)67-29-45(83)70-41(26-35-14-10-9-11-15-35)58(97)73-39(19-23-47(86)87)57(96)76-50(30(2)3)61(100)74-37(17-21-43(65)81)55(94)72-38(18-22-46(84)85)56(95)75-40(63(102)103)20-24-48(88)89/h9-11,14-15,30-33,36-42,50-52,79H,8,12-13,16-29H2,1-7H3,(H2,65,81)(H,66,82)(H,67,99)(H,68,93)(H,69,80)(H,70,83)(H,71,98)(H,72,94)(H,73,97)(H,74,100)(H,75,95)(H,76,96)(H,77,101)(H,78,92)(H,84,85)(H,86,87)(H,88,89)(H,90,91)(H,102,103)/t31-,32-,33+,36-,37-,38-,39-,40-,41-,42-,50-,51-,52-/m0/s1. The lowest BCUT2D eigenvalue weighted by Crippen LogP contribution is -2.61. The van der Waals surface area contributed by atoms with Crippen molar-refractivity contribution in [1.29, 1.82) is 0 Å². The number of carboxylic acids is 5. The Balaban J connectivity index is 3.50. The molecule has 0 aliphatic rings. The molecule has 21 N–H and O–H groups in total. The molecule has 0 aliphatic carbocycles. The first-order valence-electron chi connectivity index (χ1n) is 32.7. The number of aliphatic carboxylic acids is 5. The molecule has 0 saturated carbocycles. The molecule has 0 fully saturated rings. The lowest BCUT2D eigenvalue weighted by atomic mass is 9.97. The number of rotatable bonds is 50. The Kier molecular flexibility index (Phi) is 41.0. The highest BCUT2D eigenvalue weighted by atomic mass is 35.5. The number of amides is 14. The zero-order valence-electron chi connectivity index (χ0n) is 57.9.